The van der Waals surface area contributed by atoms with E-state index in [4.69, 9.17) is 4.74 Å². The first-order chi connectivity index (χ1) is 13.0. The molecule has 1 atom stereocenters. The summed E-state index contributed by atoms with van der Waals surface area (Å²) < 4.78 is 5.65. The van der Waals surface area contributed by atoms with E-state index in [0.29, 0.717) is 13.2 Å². The van der Waals surface area contributed by atoms with Crippen molar-refractivity contribution in [2.24, 2.45) is 0 Å². The number of hydrogen-bond donors (Lipinski definition) is 2. The Balaban J connectivity index is 2.04. The van der Waals surface area contributed by atoms with Gasteiger partial charge in [0, 0.05) is 18.0 Å². The number of aryl methyl sites for hydroxylation is 1. The summed E-state index contributed by atoms with van der Waals surface area (Å²) in [7, 11) is 0. The summed E-state index contributed by atoms with van der Waals surface area (Å²) in [5.41, 5.74) is 2.77. The quantitative estimate of drug-likeness (QED) is 0.555. The lowest BCUT2D eigenvalue weighted by Crippen LogP contribution is -2.29. The Morgan fingerprint density at radius 2 is 2.19 bits per heavy atom. The van der Waals surface area contributed by atoms with Gasteiger partial charge in [-0.15, -0.1) is 0 Å². The van der Waals surface area contributed by atoms with E-state index in [9.17, 15) is 10.1 Å². The highest BCUT2D eigenvalue weighted by Crippen LogP contribution is 2.26. The zero-order chi connectivity index (χ0) is 19.6. The zero-order valence-corrected chi connectivity index (χ0v) is 15.8. The lowest BCUT2D eigenvalue weighted by atomic mass is 10.0. The first-order valence-electron chi connectivity index (χ1n) is 8.83. The molecule has 1 unspecified atom stereocenters. The second kappa shape index (κ2) is 9.97. The van der Waals surface area contributed by atoms with Gasteiger partial charge in [-0.1, -0.05) is 23.8 Å². The highest BCUT2D eigenvalue weighted by atomic mass is 16.5. The number of benzene rings is 1. The number of aromatic nitrogens is 1. The minimum atomic E-state index is -0.442. The van der Waals surface area contributed by atoms with Gasteiger partial charge in [-0.05, 0) is 39.0 Å². The van der Waals surface area contributed by atoms with Crippen molar-refractivity contribution in [3.8, 4) is 11.8 Å². The van der Waals surface area contributed by atoms with Gasteiger partial charge in [-0.2, -0.15) is 5.26 Å². The fourth-order valence-corrected chi connectivity index (χ4v) is 2.55. The molecule has 1 aromatic heterocycles. The van der Waals surface area contributed by atoms with Gasteiger partial charge in [0.2, 0.25) is 0 Å². The average molecular weight is 364 g/mol. The number of nitrogens with one attached hydrogen (secondary N) is 2. The smallest absolute Gasteiger partial charge is 0.263 e. The largest absolute Gasteiger partial charge is 0.494 e. The van der Waals surface area contributed by atoms with E-state index in [1.165, 1.54) is 6.20 Å². The molecule has 1 amide bonds. The van der Waals surface area contributed by atoms with Crippen LogP contribution in [0.15, 0.2) is 54.4 Å². The van der Waals surface area contributed by atoms with Crippen molar-refractivity contribution in [2.75, 3.05) is 6.61 Å². The highest BCUT2D eigenvalue weighted by Gasteiger charge is 2.17. The Labute approximate surface area is 159 Å². The molecule has 0 aliphatic carbocycles. The number of amides is 1. The van der Waals surface area contributed by atoms with Crippen LogP contribution in [0.25, 0.3) is 0 Å². The molecule has 6 nitrogen and oxygen atoms in total. The van der Waals surface area contributed by atoms with Crippen LogP contribution in [0.5, 0.6) is 5.75 Å². The molecule has 2 rings (SSSR count). The predicted molar refractivity (Wildman–Crippen MR) is 104 cm³/mol. The van der Waals surface area contributed by atoms with E-state index in [0.717, 1.165) is 22.6 Å². The topological polar surface area (TPSA) is 87.0 Å². The second-order valence-electron chi connectivity index (χ2n) is 6.04. The summed E-state index contributed by atoms with van der Waals surface area (Å²) in [4.78, 5) is 16.6. The molecule has 1 aromatic carbocycles. The maximum absolute atomic E-state index is 12.5. The Hall–Kier alpha value is -3.33. The maximum atomic E-state index is 12.5. The number of carbonyl (C=O) groups is 1. The molecule has 0 saturated carbocycles. The monoisotopic (exact) mass is 364 g/mol. The standard InChI is InChI=1S/C21H24N4O2/c1-4-27-20-9-8-15(2)11-19(20)16(3)25-21(26)17(12-22)13-23-14-18-7-5-6-10-24-18/h5-11,13,16,23H,4,14H2,1-3H3,(H,25,26)/b17-13-. The highest BCUT2D eigenvalue weighted by molar-refractivity contribution is 5.97. The molecular formula is C21H24N4O2. The van der Waals surface area contributed by atoms with Crippen molar-refractivity contribution in [3.63, 3.8) is 0 Å². The van der Waals surface area contributed by atoms with E-state index in [1.807, 2.05) is 63.2 Å². The summed E-state index contributed by atoms with van der Waals surface area (Å²) >= 11 is 0. The van der Waals surface area contributed by atoms with Gasteiger partial charge < -0.3 is 15.4 Å². The van der Waals surface area contributed by atoms with Crippen LogP contribution in [0.1, 0.15) is 36.7 Å². The fraction of sp³-hybridized carbons (Fsp3) is 0.286. The van der Waals surface area contributed by atoms with E-state index >= 15 is 0 Å². The third-order valence-corrected chi connectivity index (χ3v) is 3.90. The Morgan fingerprint density at radius 3 is 2.85 bits per heavy atom. The molecule has 1 heterocycles. The maximum Gasteiger partial charge on any atom is 0.263 e. The predicted octanol–water partition coefficient (Wildman–Crippen LogP) is 3.16. The summed E-state index contributed by atoms with van der Waals surface area (Å²) in [6.07, 6.45) is 3.11. The van der Waals surface area contributed by atoms with Gasteiger partial charge in [-0.3, -0.25) is 9.78 Å². The minimum absolute atomic E-state index is 0.00314. The normalized spacial score (nSPS) is 12.0. The molecule has 0 aliphatic heterocycles. The lowest BCUT2D eigenvalue weighted by molar-refractivity contribution is -0.117. The van der Waals surface area contributed by atoms with E-state index in [-0.39, 0.29) is 11.6 Å². The Morgan fingerprint density at radius 1 is 1.37 bits per heavy atom. The molecule has 2 N–H and O–H groups in total. The molecule has 0 aliphatic rings. The van der Waals surface area contributed by atoms with Crippen molar-refractivity contribution in [1.82, 2.24) is 15.6 Å². The number of pyridine rings is 1. The average Bonchev–Trinajstić information content (AvgIpc) is 2.67. The van der Waals surface area contributed by atoms with Crippen LogP contribution in [0.3, 0.4) is 0 Å². The minimum Gasteiger partial charge on any atom is -0.494 e. The molecular weight excluding hydrogens is 340 g/mol. The van der Waals surface area contributed by atoms with Gasteiger partial charge in [0.1, 0.15) is 17.4 Å². The number of hydrogen-bond acceptors (Lipinski definition) is 5. The first kappa shape index (κ1) is 20.0. The SMILES string of the molecule is CCOc1ccc(C)cc1C(C)NC(=O)/C(C#N)=C\NCc1ccccn1. The van der Waals surface area contributed by atoms with E-state index in [2.05, 4.69) is 15.6 Å². The third-order valence-electron chi connectivity index (χ3n) is 3.90. The van der Waals surface area contributed by atoms with Crippen LogP contribution in [0.4, 0.5) is 0 Å². The third kappa shape index (κ3) is 5.86. The van der Waals surface area contributed by atoms with E-state index < -0.39 is 5.91 Å². The van der Waals surface area contributed by atoms with Gasteiger partial charge in [0.05, 0.1) is 24.9 Å². The molecule has 140 valence electrons. The molecule has 0 bridgehead atoms. The Bertz CT molecular complexity index is 841. The van der Waals surface area contributed by atoms with Crippen molar-refractivity contribution in [3.05, 3.63) is 71.2 Å². The number of nitriles is 1. The number of ether oxygens (including phenoxy) is 1. The van der Waals surface area contributed by atoms with Crippen LogP contribution < -0.4 is 15.4 Å². The molecule has 0 radical (unpaired) electrons. The summed E-state index contributed by atoms with van der Waals surface area (Å²) in [5.74, 6) is 0.286. The van der Waals surface area contributed by atoms with Crippen LogP contribution in [-0.4, -0.2) is 17.5 Å². The molecule has 27 heavy (non-hydrogen) atoms. The molecule has 0 spiro atoms. The van der Waals surface area contributed by atoms with Crippen molar-refractivity contribution in [1.29, 1.82) is 5.26 Å². The van der Waals surface area contributed by atoms with Gasteiger partial charge in [-0.25, -0.2) is 0 Å². The summed E-state index contributed by atoms with van der Waals surface area (Å²) in [6.45, 7) is 6.73. The first-order valence-corrected chi connectivity index (χ1v) is 8.83. The number of nitrogens with zero attached hydrogens (tertiary/aromatic N) is 2. The van der Waals surface area contributed by atoms with Crippen LogP contribution in [-0.2, 0) is 11.3 Å². The second-order valence-corrected chi connectivity index (χ2v) is 6.04. The van der Waals surface area contributed by atoms with Gasteiger partial charge >= 0.3 is 0 Å². The summed E-state index contributed by atoms with van der Waals surface area (Å²) in [6, 6.07) is 13.0. The number of rotatable bonds is 8. The Kier molecular flexibility index (Phi) is 7.38. The van der Waals surface area contributed by atoms with Crippen LogP contribution in [0, 0.1) is 18.3 Å². The van der Waals surface area contributed by atoms with Crippen LogP contribution >= 0.6 is 0 Å². The van der Waals surface area contributed by atoms with E-state index in [1.54, 1.807) is 6.20 Å². The van der Waals surface area contributed by atoms with Crippen molar-refractivity contribution in [2.45, 2.75) is 33.4 Å². The molecule has 2 aromatic rings. The van der Waals surface area contributed by atoms with Crippen molar-refractivity contribution < 1.29 is 9.53 Å². The fourth-order valence-electron chi connectivity index (χ4n) is 2.55. The summed E-state index contributed by atoms with van der Waals surface area (Å²) in [5, 5.41) is 15.1. The molecule has 0 saturated heterocycles. The molecule has 0 fully saturated rings. The van der Waals surface area contributed by atoms with Gasteiger partial charge in [0.25, 0.3) is 5.91 Å². The number of carbonyl (C=O) groups excluding carboxylic acids is 1. The lowest BCUT2D eigenvalue weighted by Gasteiger charge is -2.18. The van der Waals surface area contributed by atoms with Gasteiger partial charge in [0.15, 0.2) is 0 Å². The van der Waals surface area contributed by atoms with Crippen LogP contribution in [0.2, 0.25) is 0 Å². The van der Waals surface area contributed by atoms with Crippen molar-refractivity contribution >= 4 is 5.91 Å². The molecule has 6 heteroatoms. The zero-order valence-electron chi connectivity index (χ0n) is 15.8.